The molecule has 1 nitrogen and oxygen atoms in total. The van der Waals surface area contributed by atoms with Crippen LogP contribution in [0.3, 0.4) is 0 Å². The van der Waals surface area contributed by atoms with Crippen molar-refractivity contribution in [2.24, 2.45) is 0 Å². The van der Waals surface area contributed by atoms with E-state index >= 15 is 0 Å². The van der Waals surface area contributed by atoms with Crippen molar-refractivity contribution in [1.29, 1.82) is 0 Å². The van der Waals surface area contributed by atoms with Crippen molar-refractivity contribution < 1.29 is 9.50 Å². The van der Waals surface area contributed by atoms with Gasteiger partial charge in [-0.2, -0.15) is 0 Å². The molecule has 0 spiro atoms. The number of allylic oxidation sites excluding steroid dienone is 1. The third kappa shape index (κ3) is 7.73. The van der Waals surface area contributed by atoms with E-state index in [0.29, 0.717) is 6.42 Å². The van der Waals surface area contributed by atoms with E-state index in [1.165, 1.54) is 0 Å². The predicted octanol–water partition coefficient (Wildman–Crippen LogP) is 2.84. The molecule has 0 bridgehead atoms. The molecule has 0 saturated carbocycles. The summed E-state index contributed by atoms with van der Waals surface area (Å²) in [5, 5.41) is 8.39. The summed E-state index contributed by atoms with van der Waals surface area (Å²) in [7, 11) is 0. The van der Waals surface area contributed by atoms with E-state index in [-0.39, 0.29) is 6.61 Å². The van der Waals surface area contributed by atoms with Gasteiger partial charge < -0.3 is 5.11 Å². The maximum Gasteiger partial charge on any atom is 0.123 e. The molecule has 1 atom stereocenters. The van der Waals surface area contributed by atoms with Gasteiger partial charge in [-0.1, -0.05) is 25.3 Å². The largest absolute Gasteiger partial charge is 0.393 e. The molecular formula is C10H19FO. The van der Waals surface area contributed by atoms with Crippen LogP contribution in [0, 0.1) is 0 Å². The van der Waals surface area contributed by atoms with Gasteiger partial charge in [0.1, 0.15) is 6.17 Å². The summed E-state index contributed by atoms with van der Waals surface area (Å²) < 4.78 is 12.4. The summed E-state index contributed by atoms with van der Waals surface area (Å²) in [6.45, 7) is 3.30. The highest BCUT2D eigenvalue weighted by Gasteiger charge is 2.02. The van der Waals surface area contributed by atoms with Crippen LogP contribution in [0.5, 0.6) is 0 Å². The van der Waals surface area contributed by atoms with E-state index in [2.05, 4.69) is 6.58 Å². The Hall–Kier alpha value is -0.370. The minimum atomic E-state index is -1.01. The van der Waals surface area contributed by atoms with Crippen LogP contribution in [-0.2, 0) is 0 Å². The number of alkyl halides is 1. The molecule has 0 aliphatic carbocycles. The summed E-state index contributed by atoms with van der Waals surface area (Å²) in [4.78, 5) is 0. The van der Waals surface area contributed by atoms with Crippen LogP contribution in [0.25, 0.3) is 0 Å². The molecule has 12 heavy (non-hydrogen) atoms. The first-order chi connectivity index (χ1) is 5.81. The molecule has 0 saturated heterocycles. The molecule has 0 heterocycles. The van der Waals surface area contributed by atoms with Gasteiger partial charge in [0.05, 0.1) is 6.61 Å². The maximum absolute atomic E-state index is 12.4. The zero-order valence-electron chi connectivity index (χ0n) is 7.64. The lowest BCUT2D eigenvalue weighted by molar-refractivity contribution is 0.167. The monoisotopic (exact) mass is 174 g/mol. The summed E-state index contributed by atoms with van der Waals surface area (Å²) in [6.07, 6.45) is 6.70. The number of hydrogen-bond donors (Lipinski definition) is 1. The number of halogens is 1. The van der Waals surface area contributed by atoms with Gasteiger partial charge >= 0.3 is 0 Å². The van der Waals surface area contributed by atoms with E-state index in [0.717, 1.165) is 32.1 Å². The van der Waals surface area contributed by atoms with Crippen molar-refractivity contribution in [2.75, 3.05) is 6.61 Å². The smallest absolute Gasteiger partial charge is 0.123 e. The lowest BCUT2D eigenvalue weighted by Crippen LogP contribution is -2.04. The fourth-order valence-electron chi connectivity index (χ4n) is 1.10. The van der Waals surface area contributed by atoms with Crippen LogP contribution in [0.4, 0.5) is 4.39 Å². The average Bonchev–Trinajstić information content (AvgIpc) is 2.10. The maximum atomic E-state index is 12.4. The van der Waals surface area contributed by atoms with Gasteiger partial charge in [-0.25, -0.2) is 4.39 Å². The van der Waals surface area contributed by atoms with E-state index in [1.807, 2.05) is 6.08 Å². The SMILES string of the molecule is C=CCCCCCCC(F)CO. The molecule has 0 aromatic carbocycles. The van der Waals surface area contributed by atoms with Gasteiger partial charge in [0, 0.05) is 0 Å². The zero-order chi connectivity index (χ0) is 9.23. The Morgan fingerprint density at radius 1 is 1.25 bits per heavy atom. The molecule has 0 rings (SSSR count). The molecule has 0 aromatic heterocycles. The number of hydrogen-bond acceptors (Lipinski definition) is 1. The van der Waals surface area contributed by atoms with Crippen LogP contribution in [0.2, 0.25) is 0 Å². The standard InChI is InChI=1S/C10H19FO/c1-2-3-4-5-6-7-8-10(11)9-12/h2,10,12H,1,3-9H2. The van der Waals surface area contributed by atoms with Crippen LogP contribution < -0.4 is 0 Å². The molecule has 0 amide bonds. The first kappa shape index (κ1) is 11.6. The van der Waals surface area contributed by atoms with Crippen molar-refractivity contribution >= 4 is 0 Å². The fourth-order valence-corrected chi connectivity index (χ4v) is 1.10. The Labute approximate surface area is 74.3 Å². The molecule has 1 unspecified atom stereocenters. The second-order valence-electron chi connectivity index (χ2n) is 3.06. The summed E-state index contributed by atoms with van der Waals surface area (Å²) in [6, 6.07) is 0. The molecule has 0 aromatic rings. The predicted molar refractivity (Wildman–Crippen MR) is 49.9 cm³/mol. The highest BCUT2D eigenvalue weighted by molar-refractivity contribution is 4.65. The second kappa shape index (κ2) is 8.72. The van der Waals surface area contributed by atoms with Gasteiger partial charge in [0.25, 0.3) is 0 Å². The molecule has 0 aliphatic rings. The van der Waals surface area contributed by atoms with Gasteiger partial charge in [0.2, 0.25) is 0 Å². The summed E-state index contributed by atoms with van der Waals surface area (Å²) in [5.74, 6) is 0. The lowest BCUT2D eigenvalue weighted by Gasteiger charge is -2.03. The second-order valence-corrected chi connectivity index (χ2v) is 3.06. The van der Waals surface area contributed by atoms with Crippen molar-refractivity contribution in [1.82, 2.24) is 0 Å². The molecule has 2 heteroatoms. The highest BCUT2D eigenvalue weighted by Crippen LogP contribution is 2.08. The van der Waals surface area contributed by atoms with Crippen LogP contribution >= 0.6 is 0 Å². The van der Waals surface area contributed by atoms with Gasteiger partial charge in [-0.3, -0.25) is 0 Å². The number of aliphatic hydroxyl groups excluding tert-OH is 1. The summed E-state index contributed by atoms with van der Waals surface area (Å²) >= 11 is 0. The summed E-state index contributed by atoms with van der Waals surface area (Å²) in [5.41, 5.74) is 0. The van der Waals surface area contributed by atoms with Crippen molar-refractivity contribution in [3.05, 3.63) is 12.7 Å². The number of aliphatic hydroxyl groups is 1. The van der Waals surface area contributed by atoms with Gasteiger partial charge in [0.15, 0.2) is 0 Å². The van der Waals surface area contributed by atoms with Gasteiger partial charge in [-0.15, -0.1) is 6.58 Å². The lowest BCUT2D eigenvalue weighted by atomic mass is 10.1. The van der Waals surface area contributed by atoms with E-state index < -0.39 is 6.17 Å². The quantitative estimate of drug-likeness (QED) is 0.443. The minimum Gasteiger partial charge on any atom is -0.393 e. The normalized spacial score (nSPS) is 12.8. The Bertz CT molecular complexity index is 104. The highest BCUT2D eigenvalue weighted by atomic mass is 19.1. The van der Waals surface area contributed by atoms with E-state index in [9.17, 15) is 4.39 Å². The molecule has 0 radical (unpaired) electrons. The molecule has 72 valence electrons. The number of rotatable bonds is 8. The Morgan fingerprint density at radius 3 is 2.50 bits per heavy atom. The Balaban J connectivity index is 2.95. The zero-order valence-corrected chi connectivity index (χ0v) is 7.64. The number of unbranched alkanes of at least 4 members (excludes halogenated alkanes) is 4. The first-order valence-corrected chi connectivity index (χ1v) is 4.67. The average molecular weight is 174 g/mol. The van der Waals surface area contributed by atoms with E-state index in [1.54, 1.807) is 0 Å². The minimum absolute atomic E-state index is 0.327. The molecule has 0 fully saturated rings. The van der Waals surface area contributed by atoms with Crippen molar-refractivity contribution in [3.63, 3.8) is 0 Å². The molecule has 0 aliphatic heterocycles. The Morgan fingerprint density at radius 2 is 1.92 bits per heavy atom. The van der Waals surface area contributed by atoms with Crippen LogP contribution in [-0.4, -0.2) is 17.9 Å². The third-order valence-electron chi connectivity index (χ3n) is 1.87. The molecule has 1 N–H and O–H groups in total. The van der Waals surface area contributed by atoms with Gasteiger partial charge in [-0.05, 0) is 19.3 Å². The van der Waals surface area contributed by atoms with Crippen LogP contribution in [0.15, 0.2) is 12.7 Å². The van der Waals surface area contributed by atoms with Crippen LogP contribution in [0.1, 0.15) is 38.5 Å². The first-order valence-electron chi connectivity index (χ1n) is 4.67. The third-order valence-corrected chi connectivity index (χ3v) is 1.87. The fraction of sp³-hybridized carbons (Fsp3) is 0.800. The molecular weight excluding hydrogens is 155 g/mol. The van der Waals surface area contributed by atoms with Crippen molar-refractivity contribution in [2.45, 2.75) is 44.7 Å². The Kier molecular flexibility index (Phi) is 8.46. The topological polar surface area (TPSA) is 20.2 Å². The van der Waals surface area contributed by atoms with E-state index in [4.69, 9.17) is 5.11 Å². The van der Waals surface area contributed by atoms with Crippen molar-refractivity contribution in [3.8, 4) is 0 Å².